The molecule has 6 nitrogen and oxygen atoms in total. The topological polar surface area (TPSA) is 95.5 Å². The molecule has 0 fully saturated rings. The number of rotatable bonds is 8. The van der Waals surface area contributed by atoms with Gasteiger partial charge in [0.15, 0.2) is 0 Å². The van der Waals surface area contributed by atoms with Crippen LogP contribution in [0, 0.1) is 0 Å². The molecule has 3 N–H and O–H groups in total. The molecule has 2 amide bonds. The van der Waals surface area contributed by atoms with Crippen LogP contribution in [-0.4, -0.2) is 35.0 Å². The maximum absolute atomic E-state index is 13.2. The quantitative estimate of drug-likeness (QED) is 0.609. The normalized spacial score (nSPS) is 13.2. The summed E-state index contributed by atoms with van der Waals surface area (Å²) in [5.41, 5.74) is -0.495. The van der Waals surface area contributed by atoms with Crippen molar-refractivity contribution in [2.75, 3.05) is 0 Å². The Balaban J connectivity index is 2.21. The number of hydrogen-bond donors (Lipinski definition) is 3. The van der Waals surface area contributed by atoms with Crippen molar-refractivity contribution in [2.24, 2.45) is 0 Å². The zero-order valence-electron chi connectivity index (χ0n) is 16.1. The number of carbonyl (C=O) groups excluding carboxylic acids is 2. The Labute approximate surface area is 171 Å². The summed E-state index contributed by atoms with van der Waals surface area (Å²) in [6, 6.07) is 10.6. The Morgan fingerprint density at radius 2 is 1.50 bits per heavy atom. The minimum absolute atomic E-state index is 0.0950. The maximum Gasteiger partial charge on any atom is 0.416 e. The third-order valence-electron chi connectivity index (χ3n) is 4.34. The summed E-state index contributed by atoms with van der Waals surface area (Å²) in [7, 11) is 0. The molecule has 0 heterocycles. The van der Waals surface area contributed by atoms with Crippen LogP contribution in [0.5, 0.6) is 0 Å². The third kappa shape index (κ3) is 6.61. The highest BCUT2D eigenvalue weighted by Gasteiger charge is 2.35. The van der Waals surface area contributed by atoms with Gasteiger partial charge in [0.2, 0.25) is 11.8 Å². The van der Waals surface area contributed by atoms with Gasteiger partial charge in [-0.15, -0.1) is 0 Å². The molecule has 30 heavy (non-hydrogen) atoms. The average Bonchev–Trinajstić information content (AvgIpc) is 2.67. The molecule has 2 aromatic carbocycles. The molecule has 160 valence electrons. The summed E-state index contributed by atoms with van der Waals surface area (Å²) in [5.74, 6) is -2.78. The lowest BCUT2D eigenvalue weighted by Gasteiger charge is -2.22. The van der Waals surface area contributed by atoms with Crippen LogP contribution in [0.3, 0.4) is 0 Å². The third-order valence-corrected chi connectivity index (χ3v) is 4.34. The zero-order chi connectivity index (χ0) is 22.3. The molecule has 0 aliphatic rings. The van der Waals surface area contributed by atoms with Crippen molar-refractivity contribution in [3.63, 3.8) is 0 Å². The Kier molecular flexibility index (Phi) is 7.57. The van der Waals surface area contributed by atoms with Crippen molar-refractivity contribution in [3.8, 4) is 0 Å². The van der Waals surface area contributed by atoms with Gasteiger partial charge in [0.05, 0.1) is 5.56 Å². The number of amides is 2. The first-order chi connectivity index (χ1) is 14.1. The number of carboxylic acids is 1. The lowest BCUT2D eigenvalue weighted by Crippen LogP contribution is -2.52. The van der Waals surface area contributed by atoms with Gasteiger partial charge in [-0.05, 0) is 17.2 Å². The summed E-state index contributed by atoms with van der Waals surface area (Å²) in [6.07, 6.45) is -5.12. The molecule has 0 aliphatic carbocycles. The first-order valence-electron chi connectivity index (χ1n) is 9.07. The number of carbonyl (C=O) groups is 3. The van der Waals surface area contributed by atoms with E-state index >= 15 is 0 Å². The maximum atomic E-state index is 13.2. The van der Waals surface area contributed by atoms with Gasteiger partial charge in [-0.25, -0.2) is 4.79 Å². The Bertz CT molecular complexity index is 901. The fourth-order valence-corrected chi connectivity index (χ4v) is 2.97. The van der Waals surface area contributed by atoms with E-state index in [0.29, 0.717) is 0 Å². The molecular formula is C21H21F3N2O4. The lowest BCUT2D eigenvalue weighted by atomic mass is 9.99. The molecule has 0 unspecified atom stereocenters. The van der Waals surface area contributed by atoms with Gasteiger partial charge in [0, 0.05) is 19.8 Å². The van der Waals surface area contributed by atoms with Crippen LogP contribution in [0.2, 0.25) is 0 Å². The van der Waals surface area contributed by atoms with Gasteiger partial charge < -0.3 is 15.7 Å². The van der Waals surface area contributed by atoms with E-state index in [-0.39, 0.29) is 12.0 Å². The van der Waals surface area contributed by atoms with E-state index in [9.17, 15) is 32.7 Å². The van der Waals surface area contributed by atoms with Crippen molar-refractivity contribution < 1.29 is 32.7 Å². The van der Waals surface area contributed by atoms with Crippen LogP contribution in [-0.2, 0) is 33.4 Å². The van der Waals surface area contributed by atoms with Gasteiger partial charge in [0.1, 0.15) is 12.1 Å². The molecule has 2 atom stereocenters. The molecule has 0 bridgehead atoms. The van der Waals surface area contributed by atoms with Crippen molar-refractivity contribution in [2.45, 2.75) is 38.0 Å². The van der Waals surface area contributed by atoms with E-state index in [2.05, 4.69) is 10.6 Å². The first kappa shape index (κ1) is 22.9. The second-order valence-electron chi connectivity index (χ2n) is 6.70. The van der Waals surface area contributed by atoms with E-state index in [4.69, 9.17) is 0 Å². The zero-order valence-corrected chi connectivity index (χ0v) is 16.1. The molecule has 0 aromatic heterocycles. The Morgan fingerprint density at radius 1 is 0.900 bits per heavy atom. The lowest BCUT2D eigenvalue weighted by molar-refractivity contribution is -0.143. The van der Waals surface area contributed by atoms with E-state index in [1.807, 2.05) is 0 Å². The van der Waals surface area contributed by atoms with Crippen LogP contribution in [0.4, 0.5) is 13.2 Å². The number of benzene rings is 2. The Morgan fingerprint density at radius 3 is 2.07 bits per heavy atom. The largest absolute Gasteiger partial charge is 0.480 e. The van der Waals surface area contributed by atoms with Crippen LogP contribution in [0.15, 0.2) is 54.6 Å². The van der Waals surface area contributed by atoms with Crippen molar-refractivity contribution in [1.82, 2.24) is 10.6 Å². The second kappa shape index (κ2) is 9.91. The summed E-state index contributed by atoms with van der Waals surface area (Å²) in [6.45, 7) is 1.21. The minimum atomic E-state index is -4.66. The molecule has 0 saturated carbocycles. The van der Waals surface area contributed by atoms with E-state index in [1.54, 1.807) is 30.3 Å². The first-order valence-corrected chi connectivity index (χ1v) is 9.07. The number of aliphatic carboxylic acids is 1. The highest BCUT2D eigenvalue weighted by atomic mass is 19.4. The van der Waals surface area contributed by atoms with Gasteiger partial charge in [-0.2, -0.15) is 13.2 Å². The summed E-state index contributed by atoms with van der Waals surface area (Å²) >= 11 is 0. The van der Waals surface area contributed by atoms with Crippen LogP contribution < -0.4 is 10.6 Å². The van der Waals surface area contributed by atoms with Gasteiger partial charge in [-0.1, -0.05) is 48.5 Å². The number of carboxylic acid groups (broad SMARTS) is 1. The van der Waals surface area contributed by atoms with Gasteiger partial charge >= 0.3 is 12.1 Å². The molecule has 0 spiro atoms. The van der Waals surface area contributed by atoms with Crippen molar-refractivity contribution in [1.29, 1.82) is 0 Å². The van der Waals surface area contributed by atoms with Crippen LogP contribution >= 0.6 is 0 Å². The van der Waals surface area contributed by atoms with Crippen molar-refractivity contribution in [3.05, 3.63) is 71.3 Å². The van der Waals surface area contributed by atoms with Gasteiger partial charge in [-0.3, -0.25) is 9.59 Å². The number of nitrogens with one attached hydrogen (secondary N) is 2. The smallest absolute Gasteiger partial charge is 0.416 e. The second-order valence-corrected chi connectivity index (χ2v) is 6.70. The highest BCUT2D eigenvalue weighted by Crippen LogP contribution is 2.32. The predicted molar refractivity (Wildman–Crippen MR) is 102 cm³/mol. The Hall–Kier alpha value is -3.36. The molecule has 9 heteroatoms. The number of hydrogen-bond acceptors (Lipinski definition) is 3. The summed E-state index contributed by atoms with van der Waals surface area (Å²) in [5, 5.41) is 14.1. The van der Waals surface area contributed by atoms with E-state index in [1.165, 1.54) is 25.1 Å². The fraction of sp³-hybridized carbons (Fsp3) is 0.286. The number of alkyl halides is 3. The molecule has 0 saturated heterocycles. The molecule has 2 rings (SSSR count). The molecular weight excluding hydrogens is 401 g/mol. The van der Waals surface area contributed by atoms with Crippen molar-refractivity contribution >= 4 is 17.8 Å². The monoisotopic (exact) mass is 422 g/mol. The predicted octanol–water partition coefficient (Wildman–Crippen LogP) is 2.56. The molecule has 0 radical (unpaired) electrons. The van der Waals surface area contributed by atoms with Crippen LogP contribution in [0.25, 0.3) is 0 Å². The highest BCUT2D eigenvalue weighted by molar-refractivity contribution is 5.90. The summed E-state index contributed by atoms with van der Waals surface area (Å²) < 4.78 is 39.6. The summed E-state index contributed by atoms with van der Waals surface area (Å²) in [4.78, 5) is 35.8. The number of halogens is 3. The molecule has 2 aromatic rings. The van der Waals surface area contributed by atoms with Crippen LogP contribution in [0.1, 0.15) is 23.6 Å². The van der Waals surface area contributed by atoms with E-state index < -0.39 is 48.0 Å². The molecule has 0 aliphatic heterocycles. The fourth-order valence-electron chi connectivity index (χ4n) is 2.97. The van der Waals surface area contributed by atoms with Gasteiger partial charge in [0.25, 0.3) is 0 Å². The van der Waals surface area contributed by atoms with E-state index in [0.717, 1.165) is 11.6 Å². The SMILES string of the molecule is CC(=O)N[C@H](Cc1ccccc1)C(=O)N[C@H](Cc1ccccc1C(F)(F)F)C(=O)O. The average molecular weight is 422 g/mol. The minimum Gasteiger partial charge on any atom is -0.480 e. The standard InChI is InChI=1S/C21H21F3N2O4/c1-13(27)25-17(11-14-7-3-2-4-8-14)19(28)26-18(20(29)30)12-15-9-5-6-10-16(15)21(22,23)24/h2-10,17-18H,11-12H2,1H3,(H,25,27)(H,26,28)(H,29,30)/t17-,18-/m1/s1.